The van der Waals surface area contributed by atoms with E-state index in [9.17, 15) is 9.18 Å². The Morgan fingerprint density at radius 2 is 1.94 bits per heavy atom. The fraction of sp³-hybridized carbons (Fsp3) is 0.0370. The van der Waals surface area contributed by atoms with Crippen molar-refractivity contribution in [3.8, 4) is 17.6 Å². The van der Waals surface area contributed by atoms with E-state index in [1.807, 2.05) is 12.1 Å². The van der Waals surface area contributed by atoms with Gasteiger partial charge in [-0.05, 0) is 65.9 Å². The zero-order valence-electron chi connectivity index (χ0n) is 18.5. The average molecular weight is 515 g/mol. The standard InChI is InChI=1S/C27H16ClFN4O2S/c28-24-12-20(8-10-25(24)35-15-17-3-1-4-18(29)11-17)33-26-23-13-22(36-27(23)31-16-30-26)9-7-19-5-2-6-21(14-34)32-19/h1-6,8,10-14,16H,15H2,(H,30,31,33). The van der Waals surface area contributed by atoms with Crippen LogP contribution in [-0.2, 0) is 6.61 Å². The maximum absolute atomic E-state index is 13.4. The third-order valence-corrected chi connectivity index (χ3v) is 6.27. The number of nitrogens with one attached hydrogen (secondary N) is 1. The average Bonchev–Trinajstić information content (AvgIpc) is 3.31. The molecule has 0 bridgehead atoms. The third-order valence-electron chi connectivity index (χ3n) is 5.01. The molecule has 0 unspecified atom stereocenters. The molecule has 0 fully saturated rings. The fourth-order valence-electron chi connectivity index (χ4n) is 3.35. The Morgan fingerprint density at radius 1 is 1.06 bits per heavy atom. The van der Waals surface area contributed by atoms with Crippen molar-refractivity contribution in [2.45, 2.75) is 6.61 Å². The molecule has 5 rings (SSSR count). The highest BCUT2D eigenvalue weighted by atomic mass is 35.5. The van der Waals surface area contributed by atoms with E-state index in [2.05, 4.69) is 32.1 Å². The molecule has 36 heavy (non-hydrogen) atoms. The zero-order valence-corrected chi connectivity index (χ0v) is 20.1. The normalized spacial score (nSPS) is 10.5. The van der Waals surface area contributed by atoms with Crippen LogP contribution >= 0.6 is 22.9 Å². The van der Waals surface area contributed by atoms with Gasteiger partial charge in [0.2, 0.25) is 0 Å². The molecule has 0 atom stereocenters. The van der Waals surface area contributed by atoms with Crippen LogP contribution in [0, 0.1) is 17.7 Å². The number of pyridine rings is 1. The number of halogens is 2. The maximum Gasteiger partial charge on any atom is 0.168 e. The predicted molar refractivity (Wildman–Crippen MR) is 138 cm³/mol. The van der Waals surface area contributed by atoms with Gasteiger partial charge in [-0.3, -0.25) is 4.79 Å². The number of hydrogen-bond acceptors (Lipinski definition) is 7. The van der Waals surface area contributed by atoms with E-state index in [0.29, 0.717) is 45.5 Å². The first kappa shape index (κ1) is 23.4. The van der Waals surface area contributed by atoms with Crippen LogP contribution in [0.5, 0.6) is 5.75 Å². The summed E-state index contributed by atoms with van der Waals surface area (Å²) in [5, 5.41) is 4.48. The summed E-state index contributed by atoms with van der Waals surface area (Å²) in [6, 6.07) is 18.5. The number of fused-ring (bicyclic) bond motifs is 1. The molecule has 0 saturated carbocycles. The smallest absolute Gasteiger partial charge is 0.168 e. The first-order chi connectivity index (χ1) is 17.6. The highest BCUT2D eigenvalue weighted by Gasteiger charge is 2.10. The van der Waals surface area contributed by atoms with Gasteiger partial charge in [0.05, 0.1) is 15.3 Å². The van der Waals surface area contributed by atoms with Crippen molar-refractivity contribution in [2.24, 2.45) is 0 Å². The molecular weight excluding hydrogens is 499 g/mol. The van der Waals surface area contributed by atoms with Crippen molar-refractivity contribution in [3.05, 3.63) is 106 Å². The Balaban J connectivity index is 1.33. The SMILES string of the molecule is O=Cc1cccc(C#Cc2cc3c(Nc4ccc(OCc5cccc(F)c5)c(Cl)c4)ncnc3s2)n1. The zero-order chi connectivity index (χ0) is 24.9. The molecule has 0 aliphatic carbocycles. The second kappa shape index (κ2) is 10.5. The lowest BCUT2D eigenvalue weighted by Gasteiger charge is -2.11. The van der Waals surface area contributed by atoms with E-state index >= 15 is 0 Å². The number of ether oxygens (including phenoxy) is 1. The van der Waals surface area contributed by atoms with E-state index < -0.39 is 0 Å². The maximum atomic E-state index is 13.4. The van der Waals surface area contributed by atoms with Crippen molar-refractivity contribution < 1.29 is 13.9 Å². The number of hydrogen-bond donors (Lipinski definition) is 1. The number of carbonyl (C=O) groups is 1. The molecule has 0 saturated heterocycles. The van der Waals surface area contributed by atoms with E-state index in [0.717, 1.165) is 15.1 Å². The lowest BCUT2D eigenvalue weighted by atomic mass is 10.2. The van der Waals surface area contributed by atoms with Crippen LogP contribution in [0.25, 0.3) is 10.2 Å². The Kier molecular flexibility index (Phi) is 6.85. The Morgan fingerprint density at radius 3 is 2.78 bits per heavy atom. The van der Waals surface area contributed by atoms with Crippen molar-refractivity contribution in [1.82, 2.24) is 15.0 Å². The Bertz CT molecular complexity index is 1640. The van der Waals surface area contributed by atoms with Gasteiger partial charge in [-0.1, -0.05) is 29.8 Å². The molecule has 2 aromatic carbocycles. The highest BCUT2D eigenvalue weighted by molar-refractivity contribution is 7.19. The Hall–Kier alpha value is -4.32. The highest BCUT2D eigenvalue weighted by Crippen LogP contribution is 2.33. The number of rotatable bonds is 6. The number of anilines is 2. The summed E-state index contributed by atoms with van der Waals surface area (Å²) < 4.78 is 19.1. The number of carbonyl (C=O) groups excluding carboxylic acids is 1. The molecule has 9 heteroatoms. The van der Waals surface area contributed by atoms with Crippen LogP contribution in [0.1, 0.15) is 26.6 Å². The van der Waals surface area contributed by atoms with Gasteiger partial charge in [0, 0.05) is 5.69 Å². The van der Waals surface area contributed by atoms with Gasteiger partial charge in [-0.25, -0.2) is 19.3 Å². The summed E-state index contributed by atoms with van der Waals surface area (Å²) in [4.78, 5) is 25.4. The van der Waals surface area contributed by atoms with Crippen LogP contribution in [-0.4, -0.2) is 21.2 Å². The van der Waals surface area contributed by atoms with E-state index in [1.165, 1.54) is 29.8 Å². The molecule has 5 aromatic rings. The largest absolute Gasteiger partial charge is 0.487 e. The summed E-state index contributed by atoms with van der Waals surface area (Å²) in [5.74, 6) is 6.83. The fourth-order valence-corrected chi connectivity index (χ4v) is 4.44. The van der Waals surface area contributed by atoms with Crippen LogP contribution in [0.3, 0.4) is 0 Å². The topological polar surface area (TPSA) is 77.0 Å². The lowest BCUT2D eigenvalue weighted by molar-refractivity contribution is 0.111. The summed E-state index contributed by atoms with van der Waals surface area (Å²) in [6.07, 6.45) is 2.17. The lowest BCUT2D eigenvalue weighted by Crippen LogP contribution is -1.98. The number of thiophene rings is 1. The monoisotopic (exact) mass is 514 g/mol. The number of benzene rings is 2. The minimum absolute atomic E-state index is 0.199. The Labute approximate surface area is 214 Å². The summed E-state index contributed by atoms with van der Waals surface area (Å²) in [7, 11) is 0. The predicted octanol–water partition coefficient (Wildman–Crippen LogP) is 6.41. The van der Waals surface area contributed by atoms with Crippen molar-refractivity contribution >= 4 is 50.9 Å². The molecule has 176 valence electrons. The van der Waals surface area contributed by atoms with Crippen LogP contribution < -0.4 is 10.1 Å². The van der Waals surface area contributed by atoms with Gasteiger partial charge in [0.15, 0.2) is 6.29 Å². The molecule has 3 aromatic heterocycles. The number of nitrogens with zero attached hydrogens (tertiary/aromatic N) is 3. The summed E-state index contributed by atoms with van der Waals surface area (Å²) in [6.45, 7) is 0.199. The van der Waals surface area contributed by atoms with Gasteiger partial charge in [-0.15, -0.1) is 11.3 Å². The van der Waals surface area contributed by atoms with Gasteiger partial charge in [0.25, 0.3) is 0 Å². The van der Waals surface area contributed by atoms with Gasteiger partial charge in [0.1, 0.15) is 46.5 Å². The number of aromatic nitrogens is 3. The molecule has 0 aliphatic rings. The van der Waals surface area contributed by atoms with E-state index in [1.54, 1.807) is 42.5 Å². The summed E-state index contributed by atoms with van der Waals surface area (Å²) >= 11 is 7.85. The first-order valence-electron chi connectivity index (χ1n) is 10.7. The molecular formula is C27H16ClFN4O2S. The quantitative estimate of drug-likeness (QED) is 0.208. The van der Waals surface area contributed by atoms with Crippen molar-refractivity contribution in [1.29, 1.82) is 0 Å². The van der Waals surface area contributed by atoms with Crippen LogP contribution in [0.15, 0.2) is 73.1 Å². The van der Waals surface area contributed by atoms with Gasteiger partial charge < -0.3 is 10.1 Å². The van der Waals surface area contributed by atoms with E-state index in [4.69, 9.17) is 16.3 Å². The molecule has 1 N–H and O–H groups in total. The van der Waals surface area contributed by atoms with E-state index in [-0.39, 0.29) is 12.4 Å². The molecule has 6 nitrogen and oxygen atoms in total. The first-order valence-corrected chi connectivity index (χ1v) is 11.9. The van der Waals surface area contributed by atoms with Crippen LogP contribution in [0.4, 0.5) is 15.9 Å². The molecule has 0 amide bonds. The summed E-state index contributed by atoms with van der Waals surface area (Å²) in [5.41, 5.74) is 2.27. The minimum atomic E-state index is -0.316. The molecule has 0 radical (unpaired) electrons. The van der Waals surface area contributed by atoms with Gasteiger partial charge >= 0.3 is 0 Å². The molecule has 0 aliphatic heterocycles. The molecule has 0 spiro atoms. The number of aldehydes is 1. The molecule has 3 heterocycles. The second-order valence-corrected chi connectivity index (χ2v) is 8.99. The van der Waals surface area contributed by atoms with Crippen LogP contribution in [0.2, 0.25) is 5.02 Å². The van der Waals surface area contributed by atoms with Gasteiger partial charge in [-0.2, -0.15) is 0 Å². The second-order valence-electron chi connectivity index (χ2n) is 7.56. The van der Waals surface area contributed by atoms with Crippen molar-refractivity contribution in [3.63, 3.8) is 0 Å². The van der Waals surface area contributed by atoms with Crippen molar-refractivity contribution in [2.75, 3.05) is 5.32 Å². The third kappa shape index (κ3) is 5.49. The minimum Gasteiger partial charge on any atom is -0.487 e.